The zero-order chi connectivity index (χ0) is 17.9. The van der Waals surface area contributed by atoms with Gasteiger partial charge in [-0.1, -0.05) is 12.1 Å². The Kier molecular flexibility index (Phi) is 5.24. The van der Waals surface area contributed by atoms with Gasteiger partial charge in [-0.3, -0.25) is 0 Å². The summed E-state index contributed by atoms with van der Waals surface area (Å²) in [5.74, 6) is 0.761. The van der Waals surface area contributed by atoms with Gasteiger partial charge in [0.2, 0.25) is 0 Å². The Balaban J connectivity index is 1.69. The van der Waals surface area contributed by atoms with Crippen LogP contribution < -0.4 is 9.46 Å². The standard InChI is InChI=1S/C17H17N3O3S2/c1-23-16-5-2-12(3-6-16)13-4-7-17(18-10-13)25(21,22)20-15-8-14(9-15)19-11-24/h2-7,10,14-15,20H,8-9H2,1H3/t14-,15+. The number of hydrogen-bond donors (Lipinski definition) is 1. The van der Waals surface area contributed by atoms with Crippen LogP contribution in [0.15, 0.2) is 52.6 Å². The van der Waals surface area contributed by atoms with Gasteiger partial charge in [-0.25, -0.2) is 23.1 Å². The first-order chi connectivity index (χ1) is 12.0. The van der Waals surface area contributed by atoms with Crippen molar-refractivity contribution in [3.05, 3.63) is 42.6 Å². The van der Waals surface area contributed by atoms with Crippen molar-refractivity contribution in [3.63, 3.8) is 0 Å². The van der Waals surface area contributed by atoms with Gasteiger partial charge in [0.1, 0.15) is 5.75 Å². The van der Waals surface area contributed by atoms with Crippen LogP contribution in [0.25, 0.3) is 11.1 Å². The van der Waals surface area contributed by atoms with E-state index in [1.807, 2.05) is 24.3 Å². The summed E-state index contributed by atoms with van der Waals surface area (Å²) < 4.78 is 32.5. The predicted molar refractivity (Wildman–Crippen MR) is 98.4 cm³/mol. The molecule has 0 radical (unpaired) electrons. The van der Waals surface area contributed by atoms with Gasteiger partial charge < -0.3 is 4.74 Å². The van der Waals surface area contributed by atoms with Crippen molar-refractivity contribution in [2.45, 2.75) is 30.0 Å². The number of pyridine rings is 1. The lowest BCUT2D eigenvalue weighted by atomic mass is 9.88. The monoisotopic (exact) mass is 375 g/mol. The third kappa shape index (κ3) is 4.11. The second-order valence-electron chi connectivity index (χ2n) is 5.78. The second kappa shape index (κ2) is 7.41. The molecule has 1 aromatic carbocycles. The number of nitrogens with zero attached hydrogens (tertiary/aromatic N) is 2. The lowest BCUT2D eigenvalue weighted by Gasteiger charge is -2.31. The molecule has 130 valence electrons. The van der Waals surface area contributed by atoms with Crippen LogP contribution in [-0.2, 0) is 10.0 Å². The summed E-state index contributed by atoms with van der Waals surface area (Å²) in [5, 5.41) is 2.33. The minimum atomic E-state index is -3.64. The highest BCUT2D eigenvalue weighted by atomic mass is 32.2. The molecule has 0 amide bonds. The van der Waals surface area contributed by atoms with Crippen LogP contribution in [0.4, 0.5) is 0 Å². The number of methoxy groups -OCH3 is 1. The number of thiocarbonyl (C=S) groups is 1. The molecule has 0 bridgehead atoms. The summed E-state index contributed by atoms with van der Waals surface area (Å²) in [6.07, 6.45) is 2.82. The molecule has 1 saturated carbocycles. The highest BCUT2D eigenvalue weighted by molar-refractivity contribution is 7.89. The summed E-state index contributed by atoms with van der Waals surface area (Å²) in [6, 6.07) is 10.7. The normalized spacial score (nSPS) is 19.6. The van der Waals surface area contributed by atoms with E-state index in [2.05, 4.69) is 32.1 Å². The largest absolute Gasteiger partial charge is 0.497 e. The van der Waals surface area contributed by atoms with Gasteiger partial charge in [-0.15, -0.1) is 0 Å². The molecule has 3 rings (SSSR count). The van der Waals surface area contributed by atoms with Crippen LogP contribution in [-0.4, -0.2) is 37.8 Å². The van der Waals surface area contributed by atoms with Crippen LogP contribution in [0.2, 0.25) is 0 Å². The number of aromatic nitrogens is 1. The van der Waals surface area contributed by atoms with Crippen molar-refractivity contribution in [2.75, 3.05) is 7.11 Å². The van der Waals surface area contributed by atoms with E-state index in [-0.39, 0.29) is 17.1 Å². The molecule has 0 unspecified atom stereocenters. The number of nitrogens with one attached hydrogen (secondary N) is 1. The van der Waals surface area contributed by atoms with Gasteiger partial charge in [0.25, 0.3) is 10.0 Å². The summed E-state index contributed by atoms with van der Waals surface area (Å²) in [5.41, 5.74) is 1.77. The molecule has 1 fully saturated rings. The van der Waals surface area contributed by atoms with Gasteiger partial charge in [-0.05, 0) is 54.9 Å². The molecular formula is C17H17N3O3S2. The Hall–Kier alpha value is -2.12. The zero-order valence-electron chi connectivity index (χ0n) is 13.5. The first kappa shape index (κ1) is 17.7. The van der Waals surface area contributed by atoms with Crippen molar-refractivity contribution in [2.24, 2.45) is 4.99 Å². The lowest BCUT2D eigenvalue weighted by molar-refractivity contribution is 0.330. The van der Waals surface area contributed by atoms with E-state index in [1.54, 1.807) is 19.4 Å². The first-order valence-electron chi connectivity index (χ1n) is 7.71. The molecule has 0 saturated heterocycles. The summed E-state index contributed by atoms with van der Waals surface area (Å²) in [4.78, 5) is 8.05. The molecule has 2 aromatic rings. The number of benzene rings is 1. The van der Waals surface area contributed by atoms with E-state index in [9.17, 15) is 8.42 Å². The zero-order valence-corrected chi connectivity index (χ0v) is 15.2. The third-order valence-corrected chi connectivity index (χ3v) is 5.65. The summed E-state index contributed by atoms with van der Waals surface area (Å²) in [6.45, 7) is 0. The number of ether oxygens (including phenoxy) is 1. The van der Waals surface area contributed by atoms with Crippen LogP contribution in [0.3, 0.4) is 0 Å². The minimum Gasteiger partial charge on any atom is -0.497 e. The van der Waals surface area contributed by atoms with Gasteiger partial charge in [-0.2, -0.15) is 0 Å². The van der Waals surface area contributed by atoms with E-state index >= 15 is 0 Å². The summed E-state index contributed by atoms with van der Waals surface area (Å²) in [7, 11) is -2.03. The lowest BCUT2D eigenvalue weighted by Crippen LogP contribution is -2.46. The Morgan fingerprint density at radius 1 is 1.20 bits per heavy atom. The quantitative estimate of drug-likeness (QED) is 0.620. The maximum absolute atomic E-state index is 12.4. The fourth-order valence-electron chi connectivity index (χ4n) is 2.64. The SMILES string of the molecule is COc1ccc(-c2ccc(S(=O)(=O)N[C@H]3C[C@@H](N=C=S)C3)nc2)cc1. The fraction of sp³-hybridized carbons (Fsp3) is 0.294. The van der Waals surface area contributed by atoms with E-state index < -0.39 is 10.0 Å². The number of hydrogen-bond acceptors (Lipinski definition) is 6. The minimum absolute atomic E-state index is 0.00606. The van der Waals surface area contributed by atoms with Crippen molar-refractivity contribution in [1.29, 1.82) is 0 Å². The highest BCUT2D eigenvalue weighted by Gasteiger charge is 2.32. The van der Waals surface area contributed by atoms with Crippen LogP contribution >= 0.6 is 12.2 Å². The molecular weight excluding hydrogens is 358 g/mol. The fourth-order valence-corrected chi connectivity index (χ4v) is 3.98. The average molecular weight is 375 g/mol. The van der Waals surface area contributed by atoms with Crippen molar-refractivity contribution in [3.8, 4) is 16.9 Å². The number of isothiocyanates is 1. The molecule has 8 heteroatoms. The van der Waals surface area contributed by atoms with Gasteiger partial charge >= 0.3 is 0 Å². The van der Waals surface area contributed by atoms with Crippen molar-refractivity contribution >= 4 is 27.4 Å². The average Bonchev–Trinajstić information content (AvgIpc) is 2.60. The number of sulfonamides is 1. The molecule has 0 aliphatic heterocycles. The topological polar surface area (TPSA) is 80.7 Å². The smallest absolute Gasteiger partial charge is 0.258 e. The van der Waals surface area contributed by atoms with E-state index in [0.29, 0.717) is 12.8 Å². The number of rotatable bonds is 6. The van der Waals surface area contributed by atoms with E-state index in [1.165, 1.54) is 6.07 Å². The molecule has 1 N–H and O–H groups in total. The Labute approximate surface area is 152 Å². The highest BCUT2D eigenvalue weighted by Crippen LogP contribution is 2.25. The third-order valence-electron chi connectivity index (χ3n) is 4.11. The molecule has 1 aliphatic carbocycles. The molecule has 0 atom stereocenters. The summed E-state index contributed by atoms with van der Waals surface area (Å²) >= 11 is 4.55. The predicted octanol–water partition coefficient (Wildman–Crippen LogP) is 2.67. The van der Waals surface area contributed by atoms with Gasteiger partial charge in [0, 0.05) is 17.8 Å². The van der Waals surface area contributed by atoms with Gasteiger partial charge in [0.15, 0.2) is 5.03 Å². The second-order valence-corrected chi connectivity index (χ2v) is 7.62. The van der Waals surface area contributed by atoms with Crippen LogP contribution in [0.1, 0.15) is 12.8 Å². The Bertz CT molecular complexity index is 884. The van der Waals surface area contributed by atoms with Crippen molar-refractivity contribution < 1.29 is 13.2 Å². The number of aliphatic imine (C=N–C) groups is 1. The maximum atomic E-state index is 12.4. The molecule has 1 heterocycles. The van der Waals surface area contributed by atoms with Crippen LogP contribution in [0, 0.1) is 0 Å². The molecule has 1 aromatic heterocycles. The Morgan fingerprint density at radius 3 is 2.44 bits per heavy atom. The van der Waals surface area contributed by atoms with Gasteiger partial charge in [0.05, 0.1) is 18.3 Å². The molecule has 6 nitrogen and oxygen atoms in total. The molecule has 1 aliphatic rings. The van der Waals surface area contributed by atoms with E-state index in [0.717, 1.165) is 16.9 Å². The molecule has 25 heavy (non-hydrogen) atoms. The van der Waals surface area contributed by atoms with Crippen molar-refractivity contribution in [1.82, 2.24) is 9.71 Å². The van der Waals surface area contributed by atoms with E-state index in [4.69, 9.17) is 4.74 Å². The van der Waals surface area contributed by atoms with Crippen LogP contribution in [0.5, 0.6) is 5.75 Å². The first-order valence-corrected chi connectivity index (χ1v) is 9.61. The molecule has 0 spiro atoms. The maximum Gasteiger partial charge on any atom is 0.258 e. The Morgan fingerprint density at radius 2 is 1.88 bits per heavy atom.